The van der Waals surface area contributed by atoms with Crippen molar-refractivity contribution in [2.45, 2.75) is 13.3 Å². The monoisotopic (exact) mass is 387 g/mol. The number of carbonyl (C=O) groups excluding carboxylic acids is 2. The number of amides is 1. The first-order valence-electron chi connectivity index (χ1n) is 7.54. The molecule has 0 atom stereocenters. The molecule has 0 aromatic heterocycles. The van der Waals surface area contributed by atoms with Crippen LogP contribution in [-0.4, -0.2) is 18.7 Å². The molecule has 0 fully saturated rings. The summed E-state index contributed by atoms with van der Waals surface area (Å²) < 4.78 is 14.5. The Labute approximate surface area is 147 Å². The number of rotatable bonds is 2. The maximum absolute atomic E-state index is 13.8. The fourth-order valence-electron chi connectivity index (χ4n) is 2.73. The largest absolute Gasteiger partial charge is 0.307 e. The predicted molar refractivity (Wildman–Crippen MR) is 95.8 cm³/mol. The molecule has 1 heterocycles. The Morgan fingerprint density at radius 2 is 2.00 bits per heavy atom. The Hall–Kier alpha value is -2.27. The van der Waals surface area contributed by atoms with Gasteiger partial charge in [0.2, 0.25) is 0 Å². The number of aryl methyl sites for hydroxylation is 1. The van der Waals surface area contributed by atoms with Crippen LogP contribution in [0.5, 0.6) is 0 Å². The van der Waals surface area contributed by atoms with E-state index in [1.165, 1.54) is 6.07 Å². The molecule has 0 N–H and O–H groups in total. The molecular formula is C19H15BrFNO2. The van der Waals surface area contributed by atoms with E-state index in [1.54, 1.807) is 24.0 Å². The number of hydrogen-bond donors (Lipinski definition) is 0. The second-order valence-electron chi connectivity index (χ2n) is 5.64. The average Bonchev–Trinajstić information content (AvgIpc) is 2.74. The van der Waals surface area contributed by atoms with Crippen molar-refractivity contribution in [1.82, 2.24) is 0 Å². The van der Waals surface area contributed by atoms with E-state index in [-0.39, 0.29) is 5.91 Å². The fourth-order valence-corrected chi connectivity index (χ4v) is 3.36. The highest BCUT2D eigenvalue weighted by Crippen LogP contribution is 2.37. The quantitative estimate of drug-likeness (QED) is 0.711. The van der Waals surface area contributed by atoms with E-state index in [1.807, 2.05) is 24.3 Å². The SMILES string of the molecule is Cc1ccc(C(=O)N2CCC(C=O)=C(Br)c3ccccc32)cc1F. The van der Waals surface area contributed by atoms with Crippen molar-refractivity contribution < 1.29 is 14.0 Å². The molecule has 24 heavy (non-hydrogen) atoms. The molecule has 3 nitrogen and oxygen atoms in total. The maximum atomic E-state index is 13.8. The van der Waals surface area contributed by atoms with Crippen LogP contribution in [0, 0.1) is 12.7 Å². The van der Waals surface area contributed by atoms with Gasteiger partial charge in [-0.15, -0.1) is 0 Å². The van der Waals surface area contributed by atoms with Crippen molar-refractivity contribution in [2.24, 2.45) is 0 Å². The van der Waals surface area contributed by atoms with Crippen LogP contribution in [0.1, 0.15) is 27.9 Å². The normalized spacial score (nSPS) is 14.2. The Morgan fingerprint density at radius 1 is 1.25 bits per heavy atom. The second-order valence-corrected chi connectivity index (χ2v) is 6.44. The van der Waals surface area contributed by atoms with E-state index < -0.39 is 5.82 Å². The van der Waals surface area contributed by atoms with Crippen LogP contribution in [-0.2, 0) is 4.79 Å². The lowest BCUT2D eigenvalue weighted by molar-refractivity contribution is -0.104. The molecule has 1 aliphatic heterocycles. The van der Waals surface area contributed by atoms with Gasteiger partial charge in [-0.1, -0.05) is 24.3 Å². The van der Waals surface area contributed by atoms with Crippen LogP contribution in [0.3, 0.4) is 0 Å². The van der Waals surface area contributed by atoms with Crippen LogP contribution in [0.25, 0.3) is 4.48 Å². The number of benzene rings is 2. The van der Waals surface area contributed by atoms with Crippen LogP contribution >= 0.6 is 15.9 Å². The third-order valence-electron chi connectivity index (χ3n) is 4.12. The first kappa shape index (κ1) is 16.6. The molecule has 122 valence electrons. The molecular weight excluding hydrogens is 373 g/mol. The first-order chi connectivity index (χ1) is 11.5. The number of nitrogens with zero attached hydrogens (tertiary/aromatic N) is 1. The summed E-state index contributed by atoms with van der Waals surface area (Å²) in [6.45, 7) is 2.01. The summed E-state index contributed by atoms with van der Waals surface area (Å²) in [5.41, 5.74) is 2.87. The minimum Gasteiger partial charge on any atom is -0.307 e. The summed E-state index contributed by atoms with van der Waals surface area (Å²) in [5.74, 6) is -0.689. The lowest BCUT2D eigenvalue weighted by Crippen LogP contribution is -2.32. The summed E-state index contributed by atoms with van der Waals surface area (Å²) in [5, 5.41) is 0. The van der Waals surface area contributed by atoms with Gasteiger partial charge in [0.25, 0.3) is 5.91 Å². The summed E-state index contributed by atoms with van der Waals surface area (Å²) in [7, 11) is 0. The lowest BCUT2D eigenvalue weighted by atomic mass is 10.1. The summed E-state index contributed by atoms with van der Waals surface area (Å²) in [6, 6.07) is 11.8. The molecule has 0 spiro atoms. The Kier molecular flexibility index (Phi) is 4.62. The van der Waals surface area contributed by atoms with Gasteiger partial charge in [0.15, 0.2) is 0 Å². The highest BCUT2D eigenvalue weighted by Gasteiger charge is 2.25. The van der Waals surface area contributed by atoms with E-state index >= 15 is 0 Å². The van der Waals surface area contributed by atoms with Crippen LogP contribution in [0.15, 0.2) is 48.0 Å². The third-order valence-corrected chi connectivity index (χ3v) is 5.06. The molecule has 0 radical (unpaired) electrons. The van der Waals surface area contributed by atoms with Crippen LogP contribution in [0.2, 0.25) is 0 Å². The molecule has 0 saturated heterocycles. The average molecular weight is 388 g/mol. The molecule has 1 amide bonds. The molecule has 2 aromatic carbocycles. The van der Waals surface area contributed by atoms with Crippen LogP contribution < -0.4 is 4.90 Å². The van der Waals surface area contributed by atoms with Crippen molar-refractivity contribution in [3.05, 3.63) is 70.5 Å². The van der Waals surface area contributed by atoms with Crippen LogP contribution in [0.4, 0.5) is 10.1 Å². The van der Waals surface area contributed by atoms with Gasteiger partial charge in [-0.2, -0.15) is 0 Å². The van der Waals surface area contributed by atoms with Crippen molar-refractivity contribution in [3.63, 3.8) is 0 Å². The molecule has 0 bridgehead atoms. The summed E-state index contributed by atoms with van der Waals surface area (Å²) in [4.78, 5) is 25.8. The number of para-hydroxylation sites is 1. The summed E-state index contributed by atoms with van der Waals surface area (Å²) >= 11 is 3.47. The van der Waals surface area contributed by atoms with Gasteiger partial charge >= 0.3 is 0 Å². The maximum Gasteiger partial charge on any atom is 0.258 e. The smallest absolute Gasteiger partial charge is 0.258 e. The molecule has 0 aliphatic carbocycles. The standard InChI is InChI=1S/C19H15BrFNO2/c1-12-6-7-13(10-16(12)21)19(24)22-9-8-14(11-23)18(20)15-4-2-3-5-17(15)22/h2-7,10-11H,8-9H2,1H3. The molecule has 0 saturated carbocycles. The van der Waals surface area contributed by atoms with Crippen molar-refractivity contribution in [3.8, 4) is 0 Å². The number of carbonyl (C=O) groups is 2. The zero-order chi connectivity index (χ0) is 17.3. The van der Waals surface area contributed by atoms with E-state index in [0.29, 0.717) is 39.8 Å². The molecule has 2 aromatic rings. The van der Waals surface area contributed by atoms with Crippen molar-refractivity contribution >= 4 is 38.3 Å². The van der Waals surface area contributed by atoms with Gasteiger partial charge < -0.3 is 4.90 Å². The number of fused-ring (bicyclic) bond motifs is 1. The number of halogens is 2. The minimum absolute atomic E-state index is 0.284. The molecule has 5 heteroatoms. The zero-order valence-corrected chi connectivity index (χ0v) is 14.6. The first-order valence-corrected chi connectivity index (χ1v) is 8.33. The van der Waals surface area contributed by atoms with Gasteiger partial charge in [0.05, 0.1) is 5.69 Å². The Morgan fingerprint density at radius 3 is 2.71 bits per heavy atom. The van der Waals surface area contributed by atoms with Gasteiger partial charge in [-0.3, -0.25) is 9.59 Å². The number of anilines is 1. The van der Waals surface area contributed by atoms with E-state index in [4.69, 9.17) is 0 Å². The summed E-state index contributed by atoms with van der Waals surface area (Å²) in [6.07, 6.45) is 1.24. The van der Waals surface area contributed by atoms with E-state index in [9.17, 15) is 14.0 Å². The molecule has 3 rings (SSSR count). The van der Waals surface area contributed by atoms with Gasteiger partial charge in [-0.25, -0.2) is 4.39 Å². The highest BCUT2D eigenvalue weighted by atomic mass is 79.9. The minimum atomic E-state index is -0.406. The lowest BCUT2D eigenvalue weighted by Gasteiger charge is -2.23. The third kappa shape index (κ3) is 2.91. The predicted octanol–water partition coefficient (Wildman–Crippen LogP) is 4.49. The van der Waals surface area contributed by atoms with E-state index in [0.717, 1.165) is 11.8 Å². The van der Waals surface area contributed by atoms with Gasteiger partial charge in [0, 0.05) is 27.7 Å². The number of hydrogen-bond acceptors (Lipinski definition) is 2. The Balaban J connectivity index is 2.06. The zero-order valence-electron chi connectivity index (χ0n) is 13.1. The molecule has 0 unspecified atom stereocenters. The second kappa shape index (κ2) is 6.69. The van der Waals surface area contributed by atoms with Gasteiger partial charge in [0.1, 0.15) is 12.1 Å². The van der Waals surface area contributed by atoms with Crippen molar-refractivity contribution in [1.29, 1.82) is 0 Å². The van der Waals surface area contributed by atoms with Gasteiger partial charge in [-0.05, 0) is 53.0 Å². The Bertz CT molecular complexity index is 860. The fraction of sp³-hybridized carbons (Fsp3) is 0.158. The number of aldehydes is 1. The highest BCUT2D eigenvalue weighted by molar-refractivity contribution is 9.15. The topological polar surface area (TPSA) is 37.4 Å². The van der Waals surface area contributed by atoms with Crippen molar-refractivity contribution in [2.75, 3.05) is 11.4 Å². The van der Waals surface area contributed by atoms with E-state index in [2.05, 4.69) is 15.9 Å². The molecule has 1 aliphatic rings.